The smallest absolute Gasteiger partial charge is 0.0431 e. The van der Waals surface area contributed by atoms with Crippen LogP contribution in [-0.4, -0.2) is 0 Å². The predicted molar refractivity (Wildman–Crippen MR) is 123 cm³/mol. The third-order valence-electron chi connectivity index (χ3n) is 5.62. The summed E-state index contributed by atoms with van der Waals surface area (Å²) in [5.41, 5.74) is 7.86. The first-order chi connectivity index (χ1) is 13.5. The molecule has 0 aliphatic heterocycles. The molecule has 0 fully saturated rings. The maximum atomic E-state index is 6.15. The fourth-order valence-corrected chi connectivity index (χ4v) is 6.01. The van der Waals surface area contributed by atoms with Gasteiger partial charge in [-0.3, -0.25) is 0 Å². The molecule has 0 unspecified atom stereocenters. The Kier molecular flexibility index (Phi) is 4.17. The molecular formula is C25H18Cl2S. The van der Waals surface area contributed by atoms with Crippen LogP contribution in [0.4, 0.5) is 0 Å². The molecule has 0 radical (unpaired) electrons. The monoisotopic (exact) mass is 420 g/mol. The summed E-state index contributed by atoms with van der Waals surface area (Å²) in [6.07, 6.45) is 0. The predicted octanol–water partition coefficient (Wildman–Crippen LogP) is 8.70. The van der Waals surface area contributed by atoms with Crippen molar-refractivity contribution >= 4 is 34.5 Å². The van der Waals surface area contributed by atoms with E-state index in [4.69, 9.17) is 23.2 Å². The Morgan fingerprint density at radius 2 is 1.21 bits per heavy atom. The van der Waals surface area contributed by atoms with E-state index in [1.54, 1.807) is 0 Å². The second kappa shape index (κ2) is 6.49. The summed E-state index contributed by atoms with van der Waals surface area (Å²) in [5.74, 6) is 0. The van der Waals surface area contributed by atoms with E-state index in [0.717, 1.165) is 10.0 Å². The van der Waals surface area contributed by atoms with Gasteiger partial charge in [-0.1, -0.05) is 85.6 Å². The molecule has 0 nitrogen and oxygen atoms in total. The third kappa shape index (κ3) is 2.65. The van der Waals surface area contributed by atoms with Gasteiger partial charge in [-0.05, 0) is 52.1 Å². The number of hydrogen-bond donors (Lipinski definition) is 0. The first-order valence-corrected chi connectivity index (χ1v) is 10.8. The van der Waals surface area contributed by atoms with Crippen LogP contribution in [0.3, 0.4) is 0 Å². The van der Waals surface area contributed by atoms with Gasteiger partial charge in [-0.2, -0.15) is 0 Å². The fraction of sp³-hybridized carbons (Fsp3) is 0.120. The minimum atomic E-state index is -0.0535. The van der Waals surface area contributed by atoms with Crippen molar-refractivity contribution in [1.82, 2.24) is 0 Å². The lowest BCUT2D eigenvalue weighted by molar-refractivity contribution is 0.664. The van der Waals surface area contributed by atoms with Gasteiger partial charge >= 0.3 is 0 Å². The lowest BCUT2D eigenvalue weighted by Crippen LogP contribution is -2.15. The Morgan fingerprint density at radius 1 is 0.679 bits per heavy atom. The summed E-state index contributed by atoms with van der Waals surface area (Å²) in [6, 6.07) is 25.2. The highest BCUT2D eigenvalue weighted by atomic mass is 35.5. The summed E-state index contributed by atoms with van der Waals surface area (Å²) in [4.78, 5) is 2.62. The Bertz CT molecular complexity index is 1180. The molecule has 0 amide bonds. The average Bonchev–Trinajstić information content (AvgIpc) is 3.20. The zero-order valence-corrected chi connectivity index (χ0v) is 17.9. The average molecular weight is 421 g/mol. The molecule has 0 atom stereocenters. The maximum Gasteiger partial charge on any atom is 0.0431 e. The summed E-state index contributed by atoms with van der Waals surface area (Å²) in [7, 11) is 0. The Balaban J connectivity index is 1.85. The van der Waals surface area contributed by atoms with E-state index in [-0.39, 0.29) is 5.41 Å². The highest BCUT2D eigenvalue weighted by molar-refractivity contribution is 7.19. The van der Waals surface area contributed by atoms with E-state index in [2.05, 4.69) is 62.4 Å². The van der Waals surface area contributed by atoms with Crippen LogP contribution in [-0.2, 0) is 5.41 Å². The lowest BCUT2D eigenvalue weighted by Gasteiger charge is -2.22. The molecule has 0 saturated carbocycles. The number of benzene rings is 3. The summed E-state index contributed by atoms with van der Waals surface area (Å²) >= 11 is 14.2. The van der Waals surface area contributed by atoms with Crippen molar-refractivity contribution in [3.63, 3.8) is 0 Å². The Morgan fingerprint density at radius 3 is 1.82 bits per heavy atom. The largest absolute Gasteiger partial charge is 0.134 e. The first-order valence-electron chi connectivity index (χ1n) is 9.26. The van der Waals surface area contributed by atoms with E-state index < -0.39 is 0 Å². The minimum Gasteiger partial charge on any atom is -0.134 e. The quantitative estimate of drug-likeness (QED) is 0.304. The van der Waals surface area contributed by atoms with Crippen LogP contribution < -0.4 is 0 Å². The standard InChI is InChI=1S/C25H18Cl2S/c1-25(2)20-6-4-3-5-19(20)21-22(25)24(16-9-13-18(27)14-10-16)28-23(21)15-7-11-17(26)12-8-15/h3-14H,1-2H3. The number of thiophene rings is 1. The van der Waals surface area contributed by atoms with Gasteiger partial charge in [0.25, 0.3) is 0 Å². The number of hydrogen-bond acceptors (Lipinski definition) is 1. The Hall–Kier alpha value is -2.06. The Labute approximate surface area is 179 Å². The van der Waals surface area contributed by atoms with Crippen molar-refractivity contribution in [2.75, 3.05) is 0 Å². The molecule has 28 heavy (non-hydrogen) atoms. The van der Waals surface area contributed by atoms with Crippen molar-refractivity contribution in [3.05, 3.63) is 94.0 Å². The van der Waals surface area contributed by atoms with Crippen LogP contribution in [0.15, 0.2) is 72.8 Å². The van der Waals surface area contributed by atoms with Crippen molar-refractivity contribution in [2.24, 2.45) is 0 Å². The normalized spacial score (nSPS) is 14.0. The van der Waals surface area contributed by atoms with Gasteiger partial charge in [0, 0.05) is 30.8 Å². The molecule has 1 aromatic heterocycles. The van der Waals surface area contributed by atoms with E-state index in [0.29, 0.717) is 0 Å². The zero-order valence-electron chi connectivity index (χ0n) is 15.6. The number of rotatable bonds is 2. The number of fused-ring (bicyclic) bond motifs is 3. The molecule has 0 N–H and O–H groups in total. The van der Waals surface area contributed by atoms with Gasteiger partial charge in [0.15, 0.2) is 0 Å². The van der Waals surface area contributed by atoms with Gasteiger partial charge in [0.2, 0.25) is 0 Å². The highest BCUT2D eigenvalue weighted by Gasteiger charge is 2.41. The molecule has 138 valence electrons. The molecule has 3 aromatic carbocycles. The van der Waals surface area contributed by atoms with Crippen LogP contribution in [0.2, 0.25) is 10.0 Å². The summed E-state index contributed by atoms with van der Waals surface area (Å²) < 4.78 is 0. The summed E-state index contributed by atoms with van der Waals surface area (Å²) in [5, 5.41) is 1.52. The SMILES string of the molecule is CC1(C)c2ccccc2-c2c(-c3ccc(Cl)cc3)sc(-c3ccc(Cl)cc3)c21. The van der Waals surface area contributed by atoms with Gasteiger partial charge in [0.1, 0.15) is 0 Å². The molecule has 1 aliphatic carbocycles. The highest BCUT2D eigenvalue weighted by Crippen LogP contribution is 2.59. The van der Waals surface area contributed by atoms with Crippen molar-refractivity contribution < 1.29 is 0 Å². The van der Waals surface area contributed by atoms with Gasteiger partial charge < -0.3 is 0 Å². The first kappa shape index (κ1) is 18.0. The molecule has 3 heteroatoms. The molecule has 4 aromatic rings. The molecule has 0 bridgehead atoms. The van der Waals surface area contributed by atoms with E-state index in [9.17, 15) is 0 Å². The van der Waals surface area contributed by atoms with E-state index in [1.807, 2.05) is 35.6 Å². The van der Waals surface area contributed by atoms with Gasteiger partial charge in [0.05, 0.1) is 0 Å². The van der Waals surface area contributed by atoms with Gasteiger partial charge in [-0.25, -0.2) is 0 Å². The van der Waals surface area contributed by atoms with E-state index >= 15 is 0 Å². The topological polar surface area (TPSA) is 0 Å². The van der Waals surface area contributed by atoms with Gasteiger partial charge in [-0.15, -0.1) is 11.3 Å². The third-order valence-corrected chi connectivity index (χ3v) is 7.41. The van der Waals surface area contributed by atoms with Crippen LogP contribution in [0, 0.1) is 0 Å². The van der Waals surface area contributed by atoms with Crippen LogP contribution in [0.5, 0.6) is 0 Å². The van der Waals surface area contributed by atoms with Crippen LogP contribution in [0.1, 0.15) is 25.0 Å². The fourth-order valence-electron chi connectivity index (χ4n) is 4.27. The van der Waals surface area contributed by atoms with E-state index in [1.165, 1.54) is 43.1 Å². The lowest BCUT2D eigenvalue weighted by atomic mass is 9.81. The maximum absolute atomic E-state index is 6.15. The second-order valence-corrected chi connectivity index (χ2v) is 9.59. The van der Waals surface area contributed by atoms with Crippen molar-refractivity contribution in [3.8, 4) is 32.0 Å². The minimum absolute atomic E-state index is 0.0535. The van der Waals surface area contributed by atoms with Crippen molar-refractivity contribution in [2.45, 2.75) is 19.3 Å². The molecule has 0 spiro atoms. The number of halogens is 2. The summed E-state index contributed by atoms with van der Waals surface area (Å²) in [6.45, 7) is 4.66. The second-order valence-electron chi connectivity index (χ2n) is 7.69. The molecule has 0 saturated heterocycles. The zero-order chi connectivity index (χ0) is 19.5. The van der Waals surface area contributed by atoms with Crippen LogP contribution >= 0.6 is 34.5 Å². The molecular weight excluding hydrogens is 403 g/mol. The molecule has 1 heterocycles. The molecule has 5 rings (SSSR count). The van der Waals surface area contributed by atoms with Crippen molar-refractivity contribution in [1.29, 1.82) is 0 Å². The molecule has 1 aliphatic rings. The van der Waals surface area contributed by atoms with Crippen LogP contribution in [0.25, 0.3) is 32.0 Å².